The maximum atomic E-state index is 13.1. The van der Waals surface area contributed by atoms with Gasteiger partial charge in [0.1, 0.15) is 0 Å². The van der Waals surface area contributed by atoms with Crippen molar-refractivity contribution in [3.8, 4) is 0 Å². The van der Waals surface area contributed by atoms with Crippen LogP contribution in [0.5, 0.6) is 0 Å². The third kappa shape index (κ3) is 2.32. The summed E-state index contributed by atoms with van der Waals surface area (Å²) in [6, 6.07) is 10.5. The minimum absolute atomic E-state index is 0. The number of halogens is 1. The van der Waals surface area contributed by atoms with Gasteiger partial charge in [0, 0.05) is 36.5 Å². The zero-order chi connectivity index (χ0) is 15.6. The maximum Gasteiger partial charge on any atom is 0.226 e. The summed E-state index contributed by atoms with van der Waals surface area (Å²) in [5, 5.41) is 3.68. The smallest absolute Gasteiger partial charge is 0.226 e. The quantitative estimate of drug-likeness (QED) is 0.892. The van der Waals surface area contributed by atoms with Crippen LogP contribution >= 0.6 is 12.4 Å². The minimum atomic E-state index is 0. The summed E-state index contributed by atoms with van der Waals surface area (Å²) >= 11 is 0. The molecule has 1 aromatic carbocycles. The highest BCUT2D eigenvalue weighted by Crippen LogP contribution is 2.62. The van der Waals surface area contributed by atoms with Crippen molar-refractivity contribution < 1.29 is 4.79 Å². The van der Waals surface area contributed by atoms with E-state index in [0.29, 0.717) is 24.0 Å². The first-order valence-corrected chi connectivity index (χ1v) is 9.28. The molecule has 1 spiro atoms. The molecule has 4 heteroatoms. The lowest BCUT2D eigenvalue weighted by atomic mass is 9.94. The lowest BCUT2D eigenvalue weighted by Gasteiger charge is -2.36. The molecule has 0 aromatic heterocycles. The molecule has 1 N–H and O–H groups in total. The summed E-state index contributed by atoms with van der Waals surface area (Å²) in [7, 11) is 2.06. The van der Waals surface area contributed by atoms with E-state index in [9.17, 15) is 4.79 Å². The summed E-state index contributed by atoms with van der Waals surface area (Å²) in [5.41, 5.74) is 3.14. The number of carbonyl (C=O) groups is 1. The number of fused-ring (bicyclic) bond motifs is 4. The van der Waals surface area contributed by atoms with Crippen molar-refractivity contribution in [3.63, 3.8) is 0 Å². The first-order chi connectivity index (χ1) is 11.2. The Labute approximate surface area is 150 Å². The van der Waals surface area contributed by atoms with Gasteiger partial charge in [-0.05, 0) is 56.1 Å². The van der Waals surface area contributed by atoms with Gasteiger partial charge in [0.25, 0.3) is 0 Å². The summed E-state index contributed by atoms with van der Waals surface area (Å²) < 4.78 is 0. The molecule has 4 aliphatic rings. The molecule has 1 amide bonds. The lowest BCUT2D eigenvalue weighted by Crippen LogP contribution is -2.49. The van der Waals surface area contributed by atoms with Crippen LogP contribution < -0.4 is 5.32 Å². The summed E-state index contributed by atoms with van der Waals surface area (Å²) in [6.45, 7) is 0. The summed E-state index contributed by atoms with van der Waals surface area (Å²) in [4.78, 5) is 15.2. The predicted octanol–water partition coefficient (Wildman–Crippen LogP) is 3.05. The van der Waals surface area contributed by atoms with Crippen LogP contribution in [0.25, 0.3) is 0 Å². The molecule has 2 aliphatic heterocycles. The number of hydrogen-bond acceptors (Lipinski definition) is 2. The van der Waals surface area contributed by atoms with Crippen LogP contribution in [-0.4, -0.2) is 36.0 Å². The Bertz CT molecular complexity index is 651. The van der Waals surface area contributed by atoms with Crippen LogP contribution in [0.2, 0.25) is 0 Å². The highest BCUT2D eigenvalue weighted by atomic mass is 35.5. The fourth-order valence-electron chi connectivity index (χ4n) is 5.69. The molecule has 4 unspecified atom stereocenters. The van der Waals surface area contributed by atoms with Crippen molar-refractivity contribution in [2.45, 2.75) is 68.5 Å². The Morgan fingerprint density at radius 3 is 2.67 bits per heavy atom. The number of aryl methyl sites for hydroxylation is 1. The molecule has 3 nitrogen and oxygen atoms in total. The number of hydrogen-bond donors (Lipinski definition) is 1. The van der Waals surface area contributed by atoms with Crippen molar-refractivity contribution in [2.75, 3.05) is 7.05 Å². The molecule has 130 valence electrons. The zero-order valence-corrected chi connectivity index (χ0v) is 15.1. The van der Waals surface area contributed by atoms with Gasteiger partial charge in [-0.15, -0.1) is 12.4 Å². The second kappa shape index (κ2) is 5.74. The number of nitrogens with one attached hydrogen (secondary N) is 1. The highest BCUT2D eigenvalue weighted by molar-refractivity contribution is 5.85. The van der Waals surface area contributed by atoms with Gasteiger partial charge in [-0.2, -0.15) is 0 Å². The van der Waals surface area contributed by atoms with Crippen LogP contribution in [-0.2, 0) is 16.6 Å². The highest BCUT2D eigenvalue weighted by Gasteiger charge is 2.62. The third-order valence-corrected chi connectivity index (χ3v) is 7.11. The molecule has 1 aromatic rings. The van der Waals surface area contributed by atoms with Gasteiger partial charge in [0.2, 0.25) is 5.91 Å². The molecule has 4 atom stereocenters. The normalized spacial score (nSPS) is 38.5. The molecule has 2 aliphatic carbocycles. The molecular weight excluding hydrogens is 320 g/mol. The van der Waals surface area contributed by atoms with E-state index in [2.05, 4.69) is 41.5 Å². The maximum absolute atomic E-state index is 13.1. The Balaban J connectivity index is 0.00000146. The Morgan fingerprint density at radius 2 is 1.92 bits per heavy atom. The molecule has 2 saturated heterocycles. The second-order valence-electron chi connectivity index (χ2n) is 8.28. The van der Waals surface area contributed by atoms with Crippen molar-refractivity contribution >= 4 is 18.3 Å². The SMILES string of the molecule is CN(C(=O)C1CC12CCc1ccccc12)C1CC2CCC(C1)N2.Cl. The number of benzene rings is 1. The molecular formula is C20H27ClN2O. The van der Waals surface area contributed by atoms with E-state index in [1.165, 1.54) is 30.4 Å². The summed E-state index contributed by atoms with van der Waals surface area (Å²) in [6.07, 6.45) is 8.29. The predicted molar refractivity (Wildman–Crippen MR) is 97.5 cm³/mol. The molecule has 0 radical (unpaired) electrons. The van der Waals surface area contributed by atoms with Gasteiger partial charge < -0.3 is 10.2 Å². The van der Waals surface area contributed by atoms with E-state index in [-0.39, 0.29) is 23.7 Å². The second-order valence-corrected chi connectivity index (χ2v) is 8.28. The molecule has 2 heterocycles. The Morgan fingerprint density at radius 1 is 1.21 bits per heavy atom. The number of carbonyl (C=O) groups excluding carboxylic acids is 1. The van der Waals surface area contributed by atoms with E-state index in [0.717, 1.165) is 25.7 Å². The Hall–Kier alpha value is -1.06. The van der Waals surface area contributed by atoms with Crippen molar-refractivity contribution in [2.24, 2.45) is 5.92 Å². The average molecular weight is 347 g/mol. The molecule has 2 bridgehead atoms. The molecule has 24 heavy (non-hydrogen) atoms. The van der Waals surface area contributed by atoms with Crippen molar-refractivity contribution in [1.29, 1.82) is 0 Å². The number of piperidine rings is 1. The van der Waals surface area contributed by atoms with Crippen LogP contribution in [0.3, 0.4) is 0 Å². The van der Waals surface area contributed by atoms with E-state index in [1.807, 2.05) is 0 Å². The number of nitrogens with zero attached hydrogens (tertiary/aromatic N) is 1. The molecule has 3 fully saturated rings. The van der Waals surface area contributed by atoms with Gasteiger partial charge in [0.15, 0.2) is 0 Å². The van der Waals surface area contributed by atoms with Crippen molar-refractivity contribution in [3.05, 3.63) is 35.4 Å². The van der Waals surface area contributed by atoms with Gasteiger partial charge >= 0.3 is 0 Å². The fraction of sp³-hybridized carbons (Fsp3) is 0.650. The average Bonchev–Trinajstić information content (AvgIpc) is 3.06. The molecule has 1 saturated carbocycles. The monoisotopic (exact) mass is 346 g/mol. The van der Waals surface area contributed by atoms with Crippen LogP contribution in [0.1, 0.15) is 49.7 Å². The van der Waals surface area contributed by atoms with E-state index >= 15 is 0 Å². The zero-order valence-electron chi connectivity index (χ0n) is 14.3. The fourth-order valence-corrected chi connectivity index (χ4v) is 5.69. The largest absolute Gasteiger partial charge is 0.342 e. The first-order valence-electron chi connectivity index (χ1n) is 9.28. The van der Waals surface area contributed by atoms with Crippen LogP contribution in [0.4, 0.5) is 0 Å². The van der Waals surface area contributed by atoms with Gasteiger partial charge in [-0.1, -0.05) is 24.3 Å². The van der Waals surface area contributed by atoms with Crippen molar-refractivity contribution in [1.82, 2.24) is 10.2 Å². The van der Waals surface area contributed by atoms with E-state index in [1.54, 1.807) is 0 Å². The third-order valence-electron chi connectivity index (χ3n) is 7.11. The lowest BCUT2D eigenvalue weighted by molar-refractivity contribution is -0.134. The number of rotatable bonds is 2. The van der Waals surface area contributed by atoms with Gasteiger partial charge in [0.05, 0.1) is 0 Å². The standard InChI is InChI=1S/C20H26N2O.ClH/c1-22(16-10-14-6-7-15(11-16)21-14)19(23)18-12-20(18)9-8-13-4-2-3-5-17(13)20;/h2-5,14-16,18,21H,6-12H2,1H3;1H. The summed E-state index contributed by atoms with van der Waals surface area (Å²) in [5.74, 6) is 0.650. The van der Waals surface area contributed by atoms with Crippen LogP contribution in [0.15, 0.2) is 24.3 Å². The topological polar surface area (TPSA) is 32.3 Å². The Kier molecular flexibility index (Phi) is 3.92. The van der Waals surface area contributed by atoms with Gasteiger partial charge in [-0.3, -0.25) is 4.79 Å². The minimum Gasteiger partial charge on any atom is -0.342 e. The van der Waals surface area contributed by atoms with Gasteiger partial charge in [-0.25, -0.2) is 0 Å². The first kappa shape index (κ1) is 16.4. The van der Waals surface area contributed by atoms with E-state index < -0.39 is 0 Å². The molecule has 5 rings (SSSR count). The number of amides is 1. The van der Waals surface area contributed by atoms with E-state index in [4.69, 9.17) is 0 Å². The van der Waals surface area contributed by atoms with Crippen LogP contribution in [0, 0.1) is 5.92 Å².